The van der Waals surface area contributed by atoms with Gasteiger partial charge < -0.3 is 4.74 Å². The number of rotatable bonds is 3. The quantitative estimate of drug-likeness (QED) is 0.747. The second-order valence-electron chi connectivity index (χ2n) is 2.65. The van der Waals surface area contributed by atoms with E-state index in [0.29, 0.717) is 5.88 Å². The summed E-state index contributed by atoms with van der Waals surface area (Å²) in [6, 6.07) is 0. The van der Waals surface area contributed by atoms with Gasteiger partial charge in [-0.3, -0.25) is 4.98 Å². The fourth-order valence-corrected chi connectivity index (χ4v) is 1.00. The minimum absolute atomic E-state index is 0.147. The van der Waals surface area contributed by atoms with E-state index in [4.69, 9.17) is 4.74 Å². The van der Waals surface area contributed by atoms with Crippen molar-refractivity contribution in [3.05, 3.63) is 18.1 Å². The van der Waals surface area contributed by atoms with Crippen LogP contribution in [0.4, 0.5) is 0 Å². The van der Waals surface area contributed by atoms with Gasteiger partial charge in [0.05, 0.1) is 24.2 Å². The van der Waals surface area contributed by atoms with E-state index in [0.717, 1.165) is 11.0 Å². The van der Waals surface area contributed by atoms with Gasteiger partial charge in [-0.05, 0) is 13.8 Å². The Morgan fingerprint density at radius 2 is 2.17 bits per heavy atom. The fraction of sp³-hybridized carbons (Fsp3) is 0.500. The fourth-order valence-electron chi connectivity index (χ4n) is 0.714. The van der Waals surface area contributed by atoms with E-state index in [1.807, 2.05) is 13.8 Å². The highest BCUT2D eigenvalue weighted by Crippen LogP contribution is 2.07. The molecule has 4 heteroatoms. The number of ether oxygens (including phenoxy) is 1. The smallest absolute Gasteiger partial charge is 0.232 e. The van der Waals surface area contributed by atoms with Crippen LogP contribution in [-0.2, 0) is 5.33 Å². The summed E-state index contributed by atoms with van der Waals surface area (Å²) < 4.78 is 5.32. The first-order valence-electron chi connectivity index (χ1n) is 3.76. The Bertz CT molecular complexity index is 235. The van der Waals surface area contributed by atoms with Gasteiger partial charge in [-0.2, -0.15) is 0 Å². The molecule has 1 aromatic rings. The summed E-state index contributed by atoms with van der Waals surface area (Å²) in [5.41, 5.74) is 0.908. The number of hydrogen-bond donors (Lipinski definition) is 0. The number of nitrogens with zero attached hydrogens (tertiary/aromatic N) is 2. The second kappa shape index (κ2) is 4.40. The van der Waals surface area contributed by atoms with Gasteiger partial charge in [0.1, 0.15) is 0 Å². The van der Waals surface area contributed by atoms with Crippen LogP contribution >= 0.6 is 15.9 Å². The van der Waals surface area contributed by atoms with Crippen LogP contribution in [0.25, 0.3) is 0 Å². The van der Waals surface area contributed by atoms with Crippen LogP contribution in [0.2, 0.25) is 0 Å². The molecule has 0 bridgehead atoms. The standard InChI is InChI=1S/C8H11BrN2O/c1-6(2)12-8-5-10-7(3-9)4-11-8/h4-6H,3H2,1-2H3. The zero-order chi connectivity index (χ0) is 8.97. The zero-order valence-corrected chi connectivity index (χ0v) is 8.71. The summed E-state index contributed by atoms with van der Waals surface area (Å²) in [5.74, 6) is 0.578. The van der Waals surface area contributed by atoms with E-state index >= 15 is 0 Å². The van der Waals surface area contributed by atoms with Crippen LogP contribution in [0, 0.1) is 0 Å². The van der Waals surface area contributed by atoms with Crippen LogP contribution in [-0.4, -0.2) is 16.1 Å². The largest absolute Gasteiger partial charge is 0.474 e. The molecule has 0 saturated heterocycles. The first-order valence-corrected chi connectivity index (χ1v) is 4.88. The van der Waals surface area contributed by atoms with Crippen LogP contribution in [0.1, 0.15) is 19.5 Å². The Labute approximate surface area is 80.3 Å². The lowest BCUT2D eigenvalue weighted by molar-refractivity contribution is 0.231. The van der Waals surface area contributed by atoms with Crippen LogP contribution in [0.3, 0.4) is 0 Å². The Balaban J connectivity index is 2.65. The minimum atomic E-state index is 0.147. The zero-order valence-electron chi connectivity index (χ0n) is 7.12. The van der Waals surface area contributed by atoms with E-state index in [9.17, 15) is 0 Å². The third-order valence-corrected chi connectivity index (χ3v) is 1.75. The summed E-state index contributed by atoms with van der Waals surface area (Å²) in [4.78, 5) is 8.19. The average molecular weight is 231 g/mol. The molecule has 0 spiro atoms. The maximum Gasteiger partial charge on any atom is 0.232 e. The maximum atomic E-state index is 5.32. The Hall–Kier alpha value is -0.640. The third kappa shape index (κ3) is 2.77. The van der Waals surface area contributed by atoms with E-state index in [1.54, 1.807) is 12.4 Å². The van der Waals surface area contributed by atoms with Crippen molar-refractivity contribution in [2.24, 2.45) is 0 Å². The lowest BCUT2D eigenvalue weighted by atomic mass is 10.5. The van der Waals surface area contributed by atoms with Crippen molar-refractivity contribution in [1.29, 1.82) is 0 Å². The molecule has 0 N–H and O–H groups in total. The molecule has 0 radical (unpaired) electrons. The molecule has 0 atom stereocenters. The highest BCUT2D eigenvalue weighted by molar-refractivity contribution is 9.08. The van der Waals surface area contributed by atoms with Crippen molar-refractivity contribution in [2.45, 2.75) is 25.3 Å². The maximum absolute atomic E-state index is 5.32. The van der Waals surface area contributed by atoms with Crippen molar-refractivity contribution in [1.82, 2.24) is 9.97 Å². The lowest BCUT2D eigenvalue weighted by Crippen LogP contribution is -2.07. The number of hydrogen-bond acceptors (Lipinski definition) is 3. The van der Waals surface area contributed by atoms with Gasteiger partial charge >= 0.3 is 0 Å². The summed E-state index contributed by atoms with van der Waals surface area (Å²) in [7, 11) is 0. The first-order chi connectivity index (χ1) is 5.72. The molecular formula is C8H11BrN2O. The molecule has 0 saturated carbocycles. The van der Waals surface area contributed by atoms with Crippen LogP contribution < -0.4 is 4.74 Å². The molecule has 0 fully saturated rings. The summed E-state index contributed by atoms with van der Waals surface area (Å²) in [6.07, 6.45) is 3.48. The first kappa shape index (κ1) is 9.45. The normalized spacial score (nSPS) is 10.3. The molecule has 1 aromatic heterocycles. The lowest BCUT2D eigenvalue weighted by Gasteiger charge is -2.07. The van der Waals surface area contributed by atoms with Gasteiger partial charge in [0.15, 0.2) is 0 Å². The summed E-state index contributed by atoms with van der Waals surface area (Å²) >= 11 is 3.29. The van der Waals surface area contributed by atoms with Crippen LogP contribution in [0.5, 0.6) is 5.88 Å². The molecule has 1 heterocycles. The average Bonchev–Trinajstić information content (AvgIpc) is 2.05. The molecule has 0 amide bonds. The third-order valence-electron chi connectivity index (χ3n) is 1.17. The predicted molar refractivity (Wildman–Crippen MR) is 50.4 cm³/mol. The summed E-state index contributed by atoms with van der Waals surface area (Å²) in [5, 5.41) is 0.724. The molecule has 0 unspecified atom stereocenters. The topological polar surface area (TPSA) is 35.0 Å². The molecule has 1 rings (SSSR count). The van der Waals surface area contributed by atoms with Gasteiger partial charge in [0.25, 0.3) is 0 Å². The number of halogens is 1. The second-order valence-corrected chi connectivity index (χ2v) is 3.21. The van der Waals surface area contributed by atoms with E-state index in [2.05, 4.69) is 25.9 Å². The monoisotopic (exact) mass is 230 g/mol. The van der Waals surface area contributed by atoms with Gasteiger partial charge in [0, 0.05) is 5.33 Å². The predicted octanol–water partition coefficient (Wildman–Crippen LogP) is 2.16. The van der Waals surface area contributed by atoms with Crippen molar-refractivity contribution < 1.29 is 4.74 Å². The van der Waals surface area contributed by atoms with Crippen molar-refractivity contribution in [3.8, 4) is 5.88 Å². The van der Waals surface area contributed by atoms with Gasteiger partial charge in [-0.15, -0.1) is 0 Å². The van der Waals surface area contributed by atoms with E-state index < -0.39 is 0 Å². The molecule has 66 valence electrons. The van der Waals surface area contributed by atoms with E-state index in [1.165, 1.54) is 0 Å². The number of alkyl halides is 1. The van der Waals surface area contributed by atoms with Crippen LogP contribution in [0.15, 0.2) is 12.4 Å². The van der Waals surface area contributed by atoms with Gasteiger partial charge in [0.2, 0.25) is 5.88 Å². The van der Waals surface area contributed by atoms with Crippen molar-refractivity contribution >= 4 is 15.9 Å². The minimum Gasteiger partial charge on any atom is -0.474 e. The Morgan fingerprint density at radius 1 is 1.42 bits per heavy atom. The van der Waals surface area contributed by atoms with Gasteiger partial charge in [-0.1, -0.05) is 15.9 Å². The molecule has 0 aliphatic heterocycles. The molecular weight excluding hydrogens is 220 g/mol. The molecule has 12 heavy (non-hydrogen) atoms. The number of aromatic nitrogens is 2. The van der Waals surface area contributed by atoms with Crippen molar-refractivity contribution in [2.75, 3.05) is 0 Å². The molecule has 0 aromatic carbocycles. The highest BCUT2D eigenvalue weighted by atomic mass is 79.9. The molecule has 0 aliphatic rings. The van der Waals surface area contributed by atoms with Crippen molar-refractivity contribution in [3.63, 3.8) is 0 Å². The molecule has 3 nitrogen and oxygen atoms in total. The van der Waals surface area contributed by atoms with Gasteiger partial charge in [-0.25, -0.2) is 4.98 Å². The molecule has 0 aliphatic carbocycles. The summed E-state index contributed by atoms with van der Waals surface area (Å²) in [6.45, 7) is 3.92. The SMILES string of the molecule is CC(C)Oc1cnc(CBr)cn1. The Morgan fingerprint density at radius 3 is 2.58 bits per heavy atom. The van der Waals surface area contributed by atoms with E-state index in [-0.39, 0.29) is 6.10 Å². The Kier molecular flexibility index (Phi) is 3.47. The highest BCUT2D eigenvalue weighted by Gasteiger charge is 1.99.